The van der Waals surface area contributed by atoms with Crippen molar-refractivity contribution in [2.75, 3.05) is 32.7 Å². The molecule has 6 nitrogen and oxygen atoms in total. The Balaban J connectivity index is 1.18. The highest BCUT2D eigenvalue weighted by atomic mass is 19.1. The summed E-state index contributed by atoms with van der Waals surface area (Å²) < 4.78 is 14.2. The fraction of sp³-hybridized carbons (Fsp3) is 0.576. The van der Waals surface area contributed by atoms with Crippen LogP contribution in [-0.2, 0) is 16.1 Å². The Hall–Kier alpha value is -2.77. The number of halogens is 1. The standard InChI is InChI=1S/C33H44FN3O3/c34-29-13-7-12-27(19-29)30-23-37(32(33(39)40)26-10-5-2-6-11-26)22-28(30)21-36-16-14-24(15-17-36)18-31(38)35-20-25-8-3-1-4-9-25/h1,3-4,7-9,12-13,19,24,26,28,30,32H,2,5-6,10-11,14-18,20-23H2,(H,35,38)(H,39,40). The van der Waals surface area contributed by atoms with Crippen molar-refractivity contribution < 1.29 is 19.1 Å². The summed E-state index contributed by atoms with van der Waals surface area (Å²) in [4.78, 5) is 29.7. The number of likely N-dealkylation sites (tertiary alicyclic amines) is 2. The molecule has 0 aromatic heterocycles. The highest BCUT2D eigenvalue weighted by molar-refractivity contribution is 5.76. The number of rotatable bonds is 10. The van der Waals surface area contributed by atoms with Gasteiger partial charge in [0.25, 0.3) is 0 Å². The largest absolute Gasteiger partial charge is 0.480 e. The summed E-state index contributed by atoms with van der Waals surface area (Å²) in [6.45, 7) is 4.72. The Morgan fingerprint density at radius 2 is 1.70 bits per heavy atom. The predicted molar refractivity (Wildman–Crippen MR) is 154 cm³/mol. The SMILES string of the molecule is O=C(CC1CCN(CC2CN(C(C(=O)O)C3CCCCC3)CC2c2cccc(F)c2)CC1)NCc1ccccc1. The first kappa shape index (κ1) is 28.7. The third-order valence-corrected chi connectivity index (χ3v) is 9.50. The molecule has 3 atom stereocenters. The summed E-state index contributed by atoms with van der Waals surface area (Å²) in [6.07, 6.45) is 7.91. The van der Waals surface area contributed by atoms with Crippen LogP contribution in [0.15, 0.2) is 54.6 Å². The van der Waals surface area contributed by atoms with Crippen molar-refractivity contribution in [2.24, 2.45) is 17.8 Å². The Morgan fingerprint density at radius 1 is 0.950 bits per heavy atom. The van der Waals surface area contributed by atoms with Gasteiger partial charge in [-0.3, -0.25) is 14.5 Å². The molecule has 2 N–H and O–H groups in total. The number of benzene rings is 2. The molecule has 7 heteroatoms. The maximum absolute atomic E-state index is 14.2. The third kappa shape index (κ3) is 7.49. The van der Waals surface area contributed by atoms with Crippen LogP contribution in [0.25, 0.3) is 0 Å². The predicted octanol–water partition coefficient (Wildman–Crippen LogP) is 5.29. The zero-order valence-electron chi connectivity index (χ0n) is 23.5. The minimum Gasteiger partial charge on any atom is -0.480 e. The van der Waals surface area contributed by atoms with E-state index in [9.17, 15) is 19.1 Å². The number of carbonyl (C=O) groups is 2. The minimum absolute atomic E-state index is 0.113. The summed E-state index contributed by atoms with van der Waals surface area (Å²) in [5.74, 6) is 0.110. The van der Waals surface area contributed by atoms with Gasteiger partial charge in [-0.05, 0) is 79.8 Å². The van der Waals surface area contributed by atoms with Crippen LogP contribution < -0.4 is 5.32 Å². The van der Waals surface area contributed by atoms with E-state index in [2.05, 4.69) is 15.1 Å². The molecule has 3 fully saturated rings. The second-order valence-corrected chi connectivity index (χ2v) is 12.3. The van der Waals surface area contributed by atoms with Gasteiger partial charge in [-0.2, -0.15) is 0 Å². The molecule has 1 amide bonds. The van der Waals surface area contributed by atoms with E-state index < -0.39 is 12.0 Å². The molecule has 2 heterocycles. The average molecular weight is 550 g/mol. The lowest BCUT2D eigenvalue weighted by atomic mass is 9.83. The molecule has 0 radical (unpaired) electrons. The van der Waals surface area contributed by atoms with E-state index in [0.717, 1.165) is 75.8 Å². The Morgan fingerprint density at radius 3 is 2.40 bits per heavy atom. The van der Waals surface area contributed by atoms with Crippen molar-refractivity contribution in [1.29, 1.82) is 0 Å². The Bertz CT molecular complexity index is 1110. The minimum atomic E-state index is -0.711. The number of hydrogen-bond donors (Lipinski definition) is 2. The zero-order chi connectivity index (χ0) is 27.9. The Labute approximate surface area is 237 Å². The second kappa shape index (κ2) is 13.7. The molecule has 0 bridgehead atoms. The van der Waals surface area contributed by atoms with Crippen molar-refractivity contribution in [3.05, 3.63) is 71.5 Å². The van der Waals surface area contributed by atoms with E-state index in [0.29, 0.717) is 25.4 Å². The number of piperidine rings is 1. The van der Waals surface area contributed by atoms with Crippen LogP contribution >= 0.6 is 0 Å². The van der Waals surface area contributed by atoms with Crippen LogP contribution in [0.3, 0.4) is 0 Å². The van der Waals surface area contributed by atoms with Crippen molar-refractivity contribution in [3.8, 4) is 0 Å². The van der Waals surface area contributed by atoms with Crippen molar-refractivity contribution >= 4 is 11.9 Å². The van der Waals surface area contributed by atoms with Gasteiger partial charge in [0.05, 0.1) is 0 Å². The van der Waals surface area contributed by atoms with E-state index in [-0.39, 0.29) is 29.5 Å². The van der Waals surface area contributed by atoms with Crippen LogP contribution in [0.2, 0.25) is 0 Å². The van der Waals surface area contributed by atoms with Gasteiger partial charge in [0.1, 0.15) is 11.9 Å². The van der Waals surface area contributed by atoms with Crippen LogP contribution in [0.4, 0.5) is 4.39 Å². The number of amides is 1. The van der Waals surface area contributed by atoms with Crippen molar-refractivity contribution in [2.45, 2.75) is 69.9 Å². The van der Waals surface area contributed by atoms with Gasteiger partial charge >= 0.3 is 5.97 Å². The van der Waals surface area contributed by atoms with Gasteiger partial charge in [-0.15, -0.1) is 0 Å². The van der Waals surface area contributed by atoms with E-state index in [1.807, 2.05) is 36.4 Å². The molecule has 1 aliphatic carbocycles. The van der Waals surface area contributed by atoms with Crippen LogP contribution in [0.1, 0.15) is 68.4 Å². The molecule has 1 saturated carbocycles. The van der Waals surface area contributed by atoms with Crippen LogP contribution in [0.5, 0.6) is 0 Å². The molecule has 2 aromatic carbocycles. The number of nitrogens with zero attached hydrogens (tertiary/aromatic N) is 2. The smallest absolute Gasteiger partial charge is 0.321 e. The number of carboxylic acid groups (broad SMARTS) is 1. The fourth-order valence-electron chi connectivity index (χ4n) is 7.37. The molecule has 5 rings (SSSR count). The van der Waals surface area contributed by atoms with Crippen molar-refractivity contribution in [3.63, 3.8) is 0 Å². The molecule has 40 heavy (non-hydrogen) atoms. The maximum Gasteiger partial charge on any atom is 0.321 e. The number of carboxylic acids is 1. The molecular formula is C33H44FN3O3. The van der Waals surface area contributed by atoms with Gasteiger partial charge in [-0.25, -0.2) is 4.39 Å². The highest BCUT2D eigenvalue weighted by Gasteiger charge is 2.43. The van der Waals surface area contributed by atoms with Gasteiger partial charge in [0, 0.05) is 38.5 Å². The van der Waals surface area contributed by atoms with Crippen LogP contribution in [0, 0.1) is 23.6 Å². The van der Waals surface area contributed by atoms with Gasteiger partial charge in [0.2, 0.25) is 5.91 Å². The number of carbonyl (C=O) groups excluding carboxylic acids is 1. The molecule has 216 valence electrons. The van der Waals surface area contributed by atoms with E-state index in [1.54, 1.807) is 12.1 Å². The zero-order valence-corrected chi connectivity index (χ0v) is 23.5. The maximum atomic E-state index is 14.2. The second-order valence-electron chi connectivity index (χ2n) is 12.3. The summed E-state index contributed by atoms with van der Waals surface area (Å²) >= 11 is 0. The first-order chi connectivity index (χ1) is 19.5. The molecule has 2 aliphatic heterocycles. The molecule has 0 spiro atoms. The molecule has 3 aliphatic rings. The van der Waals surface area contributed by atoms with E-state index in [1.165, 1.54) is 12.5 Å². The first-order valence-corrected chi connectivity index (χ1v) is 15.2. The number of aliphatic carboxylic acids is 1. The van der Waals surface area contributed by atoms with E-state index in [4.69, 9.17) is 0 Å². The molecule has 2 aromatic rings. The molecular weight excluding hydrogens is 505 g/mol. The topological polar surface area (TPSA) is 72.9 Å². The summed E-state index contributed by atoms with van der Waals surface area (Å²) in [6, 6.07) is 16.4. The lowest BCUT2D eigenvalue weighted by Gasteiger charge is -2.35. The lowest BCUT2D eigenvalue weighted by molar-refractivity contribution is -0.145. The fourth-order valence-corrected chi connectivity index (χ4v) is 7.37. The lowest BCUT2D eigenvalue weighted by Crippen LogP contribution is -2.46. The molecule has 3 unspecified atom stereocenters. The Kier molecular flexibility index (Phi) is 9.87. The third-order valence-electron chi connectivity index (χ3n) is 9.50. The van der Waals surface area contributed by atoms with Gasteiger partial charge < -0.3 is 15.3 Å². The van der Waals surface area contributed by atoms with E-state index >= 15 is 0 Å². The molecule has 2 saturated heterocycles. The van der Waals surface area contributed by atoms with Gasteiger partial charge in [-0.1, -0.05) is 61.7 Å². The normalized spacial score (nSPS) is 24.1. The summed E-state index contributed by atoms with van der Waals surface area (Å²) in [5, 5.41) is 13.3. The monoisotopic (exact) mass is 549 g/mol. The number of hydrogen-bond acceptors (Lipinski definition) is 4. The first-order valence-electron chi connectivity index (χ1n) is 15.2. The average Bonchev–Trinajstić information content (AvgIpc) is 3.37. The summed E-state index contributed by atoms with van der Waals surface area (Å²) in [5.41, 5.74) is 2.09. The van der Waals surface area contributed by atoms with Crippen LogP contribution in [-0.4, -0.2) is 65.5 Å². The highest BCUT2D eigenvalue weighted by Crippen LogP contribution is 2.39. The number of nitrogens with one attached hydrogen (secondary N) is 1. The van der Waals surface area contributed by atoms with Gasteiger partial charge in [0.15, 0.2) is 0 Å². The van der Waals surface area contributed by atoms with Crippen molar-refractivity contribution in [1.82, 2.24) is 15.1 Å². The summed E-state index contributed by atoms with van der Waals surface area (Å²) in [7, 11) is 0. The quantitative estimate of drug-likeness (QED) is 0.421.